The average Bonchev–Trinajstić information content (AvgIpc) is 3.33. The number of piperazine rings is 1. The molecular weight excluding hydrogens is 508 g/mol. The van der Waals surface area contributed by atoms with Gasteiger partial charge in [-0.15, -0.1) is 0 Å². The van der Waals surface area contributed by atoms with Crippen molar-refractivity contribution >= 4 is 22.8 Å². The Kier molecular flexibility index (Phi) is 7.03. The predicted molar refractivity (Wildman–Crippen MR) is 164 cm³/mol. The number of para-hydroxylation sites is 1. The molecule has 41 heavy (non-hydrogen) atoms. The minimum absolute atomic E-state index is 0.0574. The van der Waals surface area contributed by atoms with Gasteiger partial charge in [-0.3, -0.25) is 4.79 Å². The van der Waals surface area contributed by atoms with Crippen LogP contribution in [0.5, 0.6) is 0 Å². The topological polar surface area (TPSA) is 67.2 Å². The molecule has 1 amide bonds. The molecule has 0 spiro atoms. The van der Waals surface area contributed by atoms with Gasteiger partial charge in [-0.05, 0) is 47.7 Å². The molecule has 0 aliphatic carbocycles. The molecule has 1 aliphatic rings. The standard InChI is InChI=1S/C34H36N6O/c1-24-30-31(38-19-21-39(22-20-38)33(41)26-15-17-27(18-16-26)34(2,3)4)35-29(23-25-11-7-5-8-12-25)36-32(30)40(37-24)28-13-9-6-10-14-28/h5-18H,19-23H2,1-4H3. The van der Waals surface area contributed by atoms with E-state index in [4.69, 9.17) is 15.1 Å². The lowest BCUT2D eigenvalue weighted by atomic mass is 9.86. The fourth-order valence-corrected chi connectivity index (χ4v) is 5.46. The minimum Gasteiger partial charge on any atom is -0.352 e. The second kappa shape index (κ2) is 10.8. The Balaban J connectivity index is 1.30. The molecule has 0 N–H and O–H groups in total. The number of benzene rings is 3. The maximum absolute atomic E-state index is 13.4. The normalized spacial score (nSPS) is 14.0. The molecule has 7 heteroatoms. The first-order chi connectivity index (χ1) is 19.8. The zero-order valence-electron chi connectivity index (χ0n) is 24.2. The highest BCUT2D eigenvalue weighted by Gasteiger charge is 2.27. The Bertz CT molecular complexity index is 1660. The van der Waals surface area contributed by atoms with Gasteiger partial charge in [-0.25, -0.2) is 14.6 Å². The molecule has 208 valence electrons. The summed E-state index contributed by atoms with van der Waals surface area (Å²) >= 11 is 0. The number of aryl methyl sites for hydroxylation is 1. The molecule has 0 saturated carbocycles. The molecule has 5 aromatic rings. The van der Waals surface area contributed by atoms with Crippen LogP contribution in [0.25, 0.3) is 16.7 Å². The van der Waals surface area contributed by atoms with Gasteiger partial charge in [0.2, 0.25) is 0 Å². The number of hydrogen-bond acceptors (Lipinski definition) is 5. The summed E-state index contributed by atoms with van der Waals surface area (Å²) in [4.78, 5) is 27.7. The highest BCUT2D eigenvalue weighted by atomic mass is 16.2. The summed E-state index contributed by atoms with van der Waals surface area (Å²) in [5.74, 6) is 1.73. The van der Waals surface area contributed by atoms with Crippen molar-refractivity contribution in [2.45, 2.75) is 39.5 Å². The second-order valence-electron chi connectivity index (χ2n) is 11.8. The quantitative estimate of drug-likeness (QED) is 0.273. The van der Waals surface area contributed by atoms with Gasteiger partial charge in [0.1, 0.15) is 11.6 Å². The third kappa shape index (κ3) is 5.44. The monoisotopic (exact) mass is 544 g/mol. The lowest BCUT2D eigenvalue weighted by Crippen LogP contribution is -2.49. The van der Waals surface area contributed by atoms with E-state index in [1.165, 1.54) is 5.56 Å². The van der Waals surface area contributed by atoms with E-state index in [2.05, 4.69) is 49.9 Å². The molecule has 0 unspecified atom stereocenters. The first kappa shape index (κ1) is 26.7. The Morgan fingerprint density at radius 1 is 0.805 bits per heavy atom. The van der Waals surface area contributed by atoms with Crippen LogP contribution >= 0.6 is 0 Å². The third-order valence-electron chi connectivity index (χ3n) is 7.80. The van der Waals surface area contributed by atoms with E-state index in [1.807, 2.05) is 77.2 Å². The molecule has 1 aliphatic heterocycles. The SMILES string of the molecule is Cc1nn(-c2ccccc2)c2nc(Cc3ccccc3)nc(N3CCN(C(=O)c4ccc(C(C)(C)C)cc4)CC3)c12. The molecule has 0 bridgehead atoms. The summed E-state index contributed by atoms with van der Waals surface area (Å²) in [7, 11) is 0. The maximum Gasteiger partial charge on any atom is 0.253 e. The molecule has 1 saturated heterocycles. The summed E-state index contributed by atoms with van der Waals surface area (Å²) in [5.41, 5.74) is 5.85. The van der Waals surface area contributed by atoms with E-state index in [1.54, 1.807) is 0 Å². The lowest BCUT2D eigenvalue weighted by Gasteiger charge is -2.36. The number of rotatable bonds is 5. The molecule has 6 rings (SSSR count). The molecule has 7 nitrogen and oxygen atoms in total. The summed E-state index contributed by atoms with van der Waals surface area (Å²) in [6.45, 7) is 11.2. The second-order valence-corrected chi connectivity index (χ2v) is 11.8. The summed E-state index contributed by atoms with van der Waals surface area (Å²) in [5, 5.41) is 5.86. The highest BCUT2D eigenvalue weighted by Crippen LogP contribution is 2.30. The first-order valence-electron chi connectivity index (χ1n) is 14.3. The lowest BCUT2D eigenvalue weighted by molar-refractivity contribution is 0.0746. The molecule has 1 fully saturated rings. The smallest absolute Gasteiger partial charge is 0.253 e. The Morgan fingerprint density at radius 3 is 2.07 bits per heavy atom. The molecule has 0 atom stereocenters. The number of nitrogens with zero attached hydrogens (tertiary/aromatic N) is 6. The van der Waals surface area contributed by atoms with E-state index >= 15 is 0 Å². The highest BCUT2D eigenvalue weighted by molar-refractivity contribution is 5.95. The van der Waals surface area contributed by atoms with Crippen molar-refractivity contribution < 1.29 is 4.79 Å². The minimum atomic E-state index is 0.0574. The Hall–Kier alpha value is -4.52. The van der Waals surface area contributed by atoms with Crippen LogP contribution in [0.4, 0.5) is 5.82 Å². The number of carbonyl (C=O) groups is 1. The number of carbonyl (C=O) groups excluding carboxylic acids is 1. The fourth-order valence-electron chi connectivity index (χ4n) is 5.46. The maximum atomic E-state index is 13.4. The molecule has 2 aromatic heterocycles. The number of amides is 1. The number of fused-ring (bicyclic) bond motifs is 1. The van der Waals surface area contributed by atoms with E-state index in [0.717, 1.165) is 45.2 Å². The van der Waals surface area contributed by atoms with Crippen LogP contribution in [0.2, 0.25) is 0 Å². The third-order valence-corrected chi connectivity index (χ3v) is 7.80. The van der Waals surface area contributed by atoms with Crippen molar-refractivity contribution in [3.63, 3.8) is 0 Å². The van der Waals surface area contributed by atoms with Gasteiger partial charge in [0.25, 0.3) is 5.91 Å². The van der Waals surface area contributed by atoms with Gasteiger partial charge in [0.15, 0.2) is 5.65 Å². The van der Waals surface area contributed by atoms with Crippen LogP contribution in [0.1, 0.15) is 53.8 Å². The van der Waals surface area contributed by atoms with Crippen molar-refractivity contribution in [2.75, 3.05) is 31.1 Å². The first-order valence-corrected chi connectivity index (χ1v) is 14.3. The van der Waals surface area contributed by atoms with E-state index in [9.17, 15) is 4.79 Å². The van der Waals surface area contributed by atoms with Crippen LogP contribution in [0.15, 0.2) is 84.9 Å². The number of hydrogen-bond donors (Lipinski definition) is 0. The van der Waals surface area contributed by atoms with Crippen LogP contribution in [0.3, 0.4) is 0 Å². The summed E-state index contributed by atoms with van der Waals surface area (Å²) < 4.78 is 1.92. The van der Waals surface area contributed by atoms with Crippen LogP contribution in [-0.2, 0) is 11.8 Å². The summed E-state index contributed by atoms with van der Waals surface area (Å²) in [6.07, 6.45) is 0.631. The van der Waals surface area contributed by atoms with E-state index in [0.29, 0.717) is 32.6 Å². The number of aromatic nitrogens is 4. The van der Waals surface area contributed by atoms with Gasteiger partial charge in [-0.2, -0.15) is 5.10 Å². The number of anilines is 1. The van der Waals surface area contributed by atoms with Crippen LogP contribution in [0, 0.1) is 6.92 Å². The zero-order valence-corrected chi connectivity index (χ0v) is 24.2. The van der Waals surface area contributed by atoms with Crippen molar-refractivity contribution in [1.82, 2.24) is 24.6 Å². The molecule has 0 radical (unpaired) electrons. The van der Waals surface area contributed by atoms with Crippen molar-refractivity contribution in [3.8, 4) is 5.69 Å². The molecule has 3 heterocycles. The van der Waals surface area contributed by atoms with Gasteiger partial charge in [-0.1, -0.05) is 81.4 Å². The van der Waals surface area contributed by atoms with Crippen LogP contribution in [-0.4, -0.2) is 56.7 Å². The van der Waals surface area contributed by atoms with Gasteiger partial charge >= 0.3 is 0 Å². The van der Waals surface area contributed by atoms with Crippen LogP contribution < -0.4 is 4.90 Å². The van der Waals surface area contributed by atoms with E-state index < -0.39 is 0 Å². The molecule has 3 aromatic carbocycles. The predicted octanol–water partition coefficient (Wildman–Crippen LogP) is 5.97. The molecular formula is C34H36N6O. The van der Waals surface area contributed by atoms with Gasteiger partial charge in [0, 0.05) is 38.2 Å². The summed E-state index contributed by atoms with van der Waals surface area (Å²) in [6, 6.07) is 28.5. The van der Waals surface area contributed by atoms with Crippen molar-refractivity contribution in [1.29, 1.82) is 0 Å². The zero-order chi connectivity index (χ0) is 28.6. The van der Waals surface area contributed by atoms with E-state index in [-0.39, 0.29) is 11.3 Å². The van der Waals surface area contributed by atoms with Gasteiger partial charge in [0.05, 0.1) is 16.8 Å². The Morgan fingerprint density at radius 2 is 1.44 bits per heavy atom. The Labute approximate surface area is 241 Å². The fraction of sp³-hybridized carbons (Fsp3) is 0.294. The largest absolute Gasteiger partial charge is 0.352 e. The van der Waals surface area contributed by atoms with Crippen molar-refractivity contribution in [3.05, 3.63) is 113 Å². The average molecular weight is 545 g/mol. The van der Waals surface area contributed by atoms with Crippen molar-refractivity contribution in [2.24, 2.45) is 0 Å². The van der Waals surface area contributed by atoms with Gasteiger partial charge < -0.3 is 9.80 Å².